The molecule has 6 nitrogen and oxygen atoms in total. The van der Waals surface area contributed by atoms with E-state index in [1.165, 1.54) is 26.2 Å². The fourth-order valence-corrected chi connectivity index (χ4v) is 3.51. The Morgan fingerprint density at radius 2 is 1.59 bits per heavy atom. The molecule has 0 heterocycles. The molecule has 0 aromatic heterocycles. The minimum absolute atomic E-state index is 0.125. The van der Waals surface area contributed by atoms with Crippen molar-refractivity contribution >= 4 is 21.6 Å². The summed E-state index contributed by atoms with van der Waals surface area (Å²) in [5, 5.41) is 2.74. The van der Waals surface area contributed by atoms with Gasteiger partial charge in [-0.25, -0.2) is 12.7 Å². The standard InChI is InChI=1S/C20H26N2O4S/c1-13-7-8-15(3)20(16(13)4)26-12-19(23)21-18-11-17(10-9-14(18)2)27(24,25)22(5)6/h7-11H,12H2,1-6H3,(H,21,23). The number of hydrogen-bond acceptors (Lipinski definition) is 4. The third-order valence-corrected chi connectivity index (χ3v) is 6.29. The molecule has 2 aromatic rings. The molecule has 27 heavy (non-hydrogen) atoms. The van der Waals surface area contributed by atoms with Gasteiger partial charge in [-0.15, -0.1) is 0 Å². The molecule has 0 aliphatic heterocycles. The summed E-state index contributed by atoms with van der Waals surface area (Å²) in [6, 6.07) is 8.62. The van der Waals surface area contributed by atoms with Gasteiger partial charge < -0.3 is 10.1 Å². The van der Waals surface area contributed by atoms with E-state index in [4.69, 9.17) is 4.74 Å². The summed E-state index contributed by atoms with van der Waals surface area (Å²) >= 11 is 0. The maximum absolute atomic E-state index is 12.3. The maximum Gasteiger partial charge on any atom is 0.262 e. The lowest BCUT2D eigenvalue weighted by Gasteiger charge is -2.16. The zero-order chi connectivity index (χ0) is 20.4. The van der Waals surface area contributed by atoms with Crippen molar-refractivity contribution < 1.29 is 17.9 Å². The molecule has 0 saturated heterocycles. The molecule has 0 saturated carbocycles. The van der Waals surface area contributed by atoms with Crippen LogP contribution >= 0.6 is 0 Å². The van der Waals surface area contributed by atoms with Crippen LogP contribution in [0.15, 0.2) is 35.2 Å². The number of rotatable bonds is 6. The highest BCUT2D eigenvalue weighted by atomic mass is 32.2. The number of hydrogen-bond donors (Lipinski definition) is 1. The minimum atomic E-state index is -3.57. The lowest BCUT2D eigenvalue weighted by molar-refractivity contribution is -0.118. The molecule has 0 atom stereocenters. The van der Waals surface area contributed by atoms with Crippen molar-refractivity contribution in [2.75, 3.05) is 26.0 Å². The van der Waals surface area contributed by atoms with E-state index in [9.17, 15) is 13.2 Å². The van der Waals surface area contributed by atoms with E-state index < -0.39 is 10.0 Å². The van der Waals surface area contributed by atoms with Gasteiger partial charge in [0.15, 0.2) is 6.61 Å². The van der Waals surface area contributed by atoms with Gasteiger partial charge in [0, 0.05) is 19.8 Å². The zero-order valence-corrected chi connectivity index (χ0v) is 17.4. The average Bonchev–Trinajstić information content (AvgIpc) is 2.60. The first-order valence-corrected chi connectivity index (χ1v) is 10.0. The Morgan fingerprint density at radius 1 is 1.00 bits per heavy atom. The van der Waals surface area contributed by atoms with E-state index in [1.54, 1.807) is 13.0 Å². The molecule has 0 unspecified atom stereocenters. The van der Waals surface area contributed by atoms with Crippen LogP contribution in [0.3, 0.4) is 0 Å². The van der Waals surface area contributed by atoms with E-state index in [2.05, 4.69) is 5.32 Å². The molecule has 1 N–H and O–H groups in total. The fraction of sp³-hybridized carbons (Fsp3) is 0.350. The van der Waals surface area contributed by atoms with Crippen LogP contribution < -0.4 is 10.1 Å². The van der Waals surface area contributed by atoms with Crippen molar-refractivity contribution in [3.05, 3.63) is 52.6 Å². The molecule has 0 aliphatic carbocycles. The molecule has 1 amide bonds. The monoisotopic (exact) mass is 390 g/mol. The normalized spacial score (nSPS) is 11.5. The Hall–Kier alpha value is -2.38. The van der Waals surface area contributed by atoms with E-state index >= 15 is 0 Å². The summed E-state index contributed by atoms with van der Waals surface area (Å²) in [7, 11) is -0.640. The largest absolute Gasteiger partial charge is 0.483 e. The number of nitrogens with zero attached hydrogens (tertiary/aromatic N) is 1. The van der Waals surface area contributed by atoms with Crippen molar-refractivity contribution in [3.63, 3.8) is 0 Å². The summed E-state index contributed by atoms with van der Waals surface area (Å²) < 4.78 is 31.4. The predicted molar refractivity (Wildman–Crippen MR) is 107 cm³/mol. The lowest BCUT2D eigenvalue weighted by Crippen LogP contribution is -2.23. The fourth-order valence-electron chi connectivity index (χ4n) is 2.58. The van der Waals surface area contributed by atoms with Gasteiger partial charge in [-0.1, -0.05) is 18.2 Å². The number of sulfonamides is 1. The molecule has 7 heteroatoms. The number of nitrogens with one attached hydrogen (secondary N) is 1. The van der Waals surface area contributed by atoms with E-state index in [1.807, 2.05) is 32.9 Å². The highest BCUT2D eigenvalue weighted by molar-refractivity contribution is 7.89. The Morgan fingerprint density at radius 3 is 2.22 bits per heavy atom. The van der Waals surface area contributed by atoms with Crippen molar-refractivity contribution in [2.24, 2.45) is 0 Å². The molecule has 0 bridgehead atoms. The Labute approximate surface area is 161 Å². The van der Waals surface area contributed by atoms with Gasteiger partial charge in [-0.3, -0.25) is 4.79 Å². The maximum atomic E-state index is 12.3. The van der Waals surface area contributed by atoms with E-state index in [-0.39, 0.29) is 17.4 Å². The van der Waals surface area contributed by atoms with Gasteiger partial charge in [0.05, 0.1) is 4.90 Å². The first kappa shape index (κ1) is 20.9. The number of aryl methyl sites for hydroxylation is 3. The molecule has 0 fully saturated rings. The van der Waals surface area contributed by atoms with Crippen molar-refractivity contribution in [1.82, 2.24) is 4.31 Å². The van der Waals surface area contributed by atoms with Crippen LogP contribution in [0.1, 0.15) is 22.3 Å². The summed E-state index contributed by atoms with van der Waals surface area (Å²) in [6.07, 6.45) is 0. The van der Waals surface area contributed by atoms with Crippen LogP contribution in [0.4, 0.5) is 5.69 Å². The first-order chi connectivity index (χ1) is 12.5. The van der Waals surface area contributed by atoms with Crippen LogP contribution in [0.2, 0.25) is 0 Å². The quantitative estimate of drug-likeness (QED) is 0.822. The Bertz CT molecular complexity index is 966. The van der Waals surface area contributed by atoms with Crippen molar-refractivity contribution in [3.8, 4) is 5.75 Å². The Kier molecular flexibility index (Phi) is 6.28. The number of carbonyl (C=O) groups excluding carboxylic acids is 1. The predicted octanol–water partition coefficient (Wildman–Crippen LogP) is 3.19. The SMILES string of the molecule is Cc1ccc(S(=O)(=O)N(C)C)cc1NC(=O)COc1c(C)ccc(C)c1C. The Balaban J connectivity index is 2.16. The molecule has 0 aliphatic rings. The van der Waals surface area contributed by atoms with Crippen molar-refractivity contribution in [1.29, 1.82) is 0 Å². The van der Waals surface area contributed by atoms with Gasteiger partial charge in [-0.2, -0.15) is 0 Å². The molecular weight excluding hydrogens is 364 g/mol. The number of ether oxygens (including phenoxy) is 1. The van der Waals surface area contributed by atoms with Gasteiger partial charge in [0.2, 0.25) is 10.0 Å². The molecule has 0 spiro atoms. The number of amides is 1. The lowest BCUT2D eigenvalue weighted by atomic mass is 10.1. The highest BCUT2D eigenvalue weighted by Gasteiger charge is 2.19. The van der Waals surface area contributed by atoms with Crippen LogP contribution in [0.25, 0.3) is 0 Å². The second-order valence-corrected chi connectivity index (χ2v) is 8.91. The van der Waals surface area contributed by atoms with Crippen LogP contribution in [-0.4, -0.2) is 39.3 Å². The smallest absolute Gasteiger partial charge is 0.262 e. The van der Waals surface area contributed by atoms with Crippen LogP contribution in [0, 0.1) is 27.7 Å². The summed E-state index contributed by atoms with van der Waals surface area (Å²) in [6.45, 7) is 7.52. The second kappa shape index (κ2) is 8.10. The third-order valence-electron chi connectivity index (χ3n) is 4.48. The zero-order valence-electron chi connectivity index (χ0n) is 16.6. The number of benzene rings is 2. The number of carbonyl (C=O) groups is 1. The minimum Gasteiger partial charge on any atom is -0.483 e. The molecule has 2 aromatic carbocycles. The number of anilines is 1. The summed E-state index contributed by atoms with van der Waals surface area (Å²) in [4.78, 5) is 12.5. The van der Waals surface area contributed by atoms with Gasteiger partial charge in [0.1, 0.15) is 5.75 Å². The highest BCUT2D eigenvalue weighted by Crippen LogP contribution is 2.26. The topological polar surface area (TPSA) is 75.7 Å². The second-order valence-electron chi connectivity index (χ2n) is 6.75. The summed E-state index contributed by atoms with van der Waals surface area (Å²) in [5.74, 6) is 0.351. The third kappa shape index (κ3) is 4.67. The molecule has 146 valence electrons. The average molecular weight is 391 g/mol. The first-order valence-electron chi connectivity index (χ1n) is 8.56. The summed E-state index contributed by atoms with van der Waals surface area (Å²) in [5.41, 5.74) is 4.26. The van der Waals surface area contributed by atoms with Gasteiger partial charge in [0.25, 0.3) is 5.91 Å². The van der Waals surface area contributed by atoms with Gasteiger partial charge in [-0.05, 0) is 62.1 Å². The van der Waals surface area contributed by atoms with E-state index in [0.29, 0.717) is 11.4 Å². The van der Waals surface area contributed by atoms with Gasteiger partial charge >= 0.3 is 0 Å². The van der Waals surface area contributed by atoms with Crippen LogP contribution in [0.5, 0.6) is 5.75 Å². The molecule has 0 radical (unpaired) electrons. The molecule has 2 rings (SSSR count). The van der Waals surface area contributed by atoms with Crippen molar-refractivity contribution in [2.45, 2.75) is 32.6 Å². The molecular formula is C20H26N2O4S. The van der Waals surface area contributed by atoms with Crippen LogP contribution in [-0.2, 0) is 14.8 Å². The van der Waals surface area contributed by atoms with E-state index in [0.717, 1.165) is 26.6 Å².